The van der Waals surface area contributed by atoms with Crippen LogP contribution in [0.5, 0.6) is 0 Å². The molecule has 0 fully saturated rings. The minimum atomic E-state index is -0.248. The molecule has 0 unspecified atom stereocenters. The number of nitrogens with one attached hydrogen (secondary N) is 1. The summed E-state index contributed by atoms with van der Waals surface area (Å²) in [5.41, 5.74) is 4.92. The standard InChI is InChI=1S/C21H18FN3/c1-15-11-12-25-19(13-15)24-20(17-7-9-18(22)10-8-17)21(25)23-14-16-5-3-2-4-6-16/h2-13,23H,14H2,1H3. The van der Waals surface area contributed by atoms with Crippen molar-refractivity contribution in [3.05, 3.63) is 89.9 Å². The van der Waals surface area contributed by atoms with Gasteiger partial charge in [0.05, 0.1) is 0 Å². The number of rotatable bonds is 4. The summed E-state index contributed by atoms with van der Waals surface area (Å²) < 4.78 is 15.3. The van der Waals surface area contributed by atoms with Gasteiger partial charge in [0.15, 0.2) is 0 Å². The number of hydrogen-bond donors (Lipinski definition) is 1. The number of benzene rings is 2. The number of halogens is 1. The second-order valence-electron chi connectivity index (χ2n) is 6.09. The van der Waals surface area contributed by atoms with Crippen LogP contribution in [0.2, 0.25) is 0 Å². The average molecular weight is 331 g/mol. The lowest BCUT2D eigenvalue weighted by atomic mass is 10.1. The molecule has 0 radical (unpaired) electrons. The van der Waals surface area contributed by atoms with Gasteiger partial charge in [-0.05, 0) is 54.4 Å². The predicted octanol–water partition coefficient (Wildman–Crippen LogP) is 5.06. The van der Waals surface area contributed by atoms with Crippen LogP contribution in [0.4, 0.5) is 10.2 Å². The highest BCUT2D eigenvalue weighted by Gasteiger charge is 2.14. The van der Waals surface area contributed by atoms with Gasteiger partial charge in [-0.2, -0.15) is 0 Å². The Bertz CT molecular complexity index is 1000. The zero-order chi connectivity index (χ0) is 17.2. The Morgan fingerprint density at radius 1 is 1.00 bits per heavy atom. The van der Waals surface area contributed by atoms with Crippen molar-refractivity contribution >= 4 is 11.5 Å². The molecule has 0 spiro atoms. The Labute approximate surface area is 145 Å². The van der Waals surface area contributed by atoms with Gasteiger partial charge in [-0.1, -0.05) is 30.3 Å². The largest absolute Gasteiger partial charge is 0.365 e. The number of aromatic nitrogens is 2. The lowest BCUT2D eigenvalue weighted by Crippen LogP contribution is -2.03. The maximum atomic E-state index is 13.3. The van der Waals surface area contributed by atoms with Crippen molar-refractivity contribution in [2.24, 2.45) is 0 Å². The monoisotopic (exact) mass is 331 g/mol. The molecule has 0 saturated heterocycles. The van der Waals surface area contributed by atoms with Crippen LogP contribution in [0.1, 0.15) is 11.1 Å². The smallest absolute Gasteiger partial charge is 0.139 e. The first-order chi connectivity index (χ1) is 12.2. The van der Waals surface area contributed by atoms with Gasteiger partial charge in [-0.3, -0.25) is 4.40 Å². The first kappa shape index (κ1) is 15.4. The zero-order valence-corrected chi connectivity index (χ0v) is 13.9. The quantitative estimate of drug-likeness (QED) is 0.566. The minimum absolute atomic E-state index is 0.248. The van der Waals surface area contributed by atoms with Crippen LogP contribution in [-0.2, 0) is 6.54 Å². The molecule has 0 aliphatic rings. The van der Waals surface area contributed by atoms with Crippen LogP contribution in [0.15, 0.2) is 72.9 Å². The van der Waals surface area contributed by atoms with Crippen LogP contribution < -0.4 is 5.32 Å². The maximum absolute atomic E-state index is 13.3. The molecule has 3 nitrogen and oxygen atoms in total. The molecule has 0 amide bonds. The third-order valence-corrected chi connectivity index (χ3v) is 4.20. The molecule has 0 aliphatic heterocycles. The van der Waals surface area contributed by atoms with Crippen LogP contribution >= 0.6 is 0 Å². The van der Waals surface area contributed by atoms with E-state index in [-0.39, 0.29) is 5.82 Å². The number of imidazole rings is 1. The van der Waals surface area contributed by atoms with Crippen LogP contribution in [0, 0.1) is 12.7 Å². The van der Waals surface area contributed by atoms with E-state index in [1.165, 1.54) is 17.7 Å². The van der Waals surface area contributed by atoms with E-state index in [4.69, 9.17) is 4.98 Å². The van der Waals surface area contributed by atoms with Gasteiger partial charge in [-0.25, -0.2) is 9.37 Å². The third-order valence-electron chi connectivity index (χ3n) is 4.20. The number of pyridine rings is 1. The van der Waals surface area contributed by atoms with Crippen molar-refractivity contribution in [2.45, 2.75) is 13.5 Å². The highest BCUT2D eigenvalue weighted by atomic mass is 19.1. The SMILES string of the molecule is Cc1ccn2c(NCc3ccccc3)c(-c3ccc(F)cc3)nc2c1. The molecule has 2 aromatic heterocycles. The summed E-state index contributed by atoms with van der Waals surface area (Å²) in [4.78, 5) is 4.76. The van der Waals surface area contributed by atoms with E-state index >= 15 is 0 Å². The number of hydrogen-bond acceptors (Lipinski definition) is 2. The third kappa shape index (κ3) is 3.11. The van der Waals surface area contributed by atoms with Gasteiger partial charge in [-0.15, -0.1) is 0 Å². The molecule has 1 N–H and O–H groups in total. The molecule has 4 rings (SSSR count). The molecular weight excluding hydrogens is 313 g/mol. The first-order valence-electron chi connectivity index (χ1n) is 8.23. The van der Waals surface area contributed by atoms with Crippen LogP contribution in [0.3, 0.4) is 0 Å². The average Bonchev–Trinajstić information content (AvgIpc) is 2.99. The lowest BCUT2D eigenvalue weighted by Gasteiger charge is -2.09. The van der Waals surface area contributed by atoms with E-state index in [1.807, 2.05) is 41.8 Å². The van der Waals surface area contributed by atoms with Crippen molar-refractivity contribution in [2.75, 3.05) is 5.32 Å². The molecule has 25 heavy (non-hydrogen) atoms. The lowest BCUT2D eigenvalue weighted by molar-refractivity contribution is 0.628. The molecule has 0 aliphatic carbocycles. The Morgan fingerprint density at radius 3 is 2.52 bits per heavy atom. The van der Waals surface area contributed by atoms with Gasteiger partial charge in [0.1, 0.15) is 23.0 Å². The minimum Gasteiger partial charge on any atom is -0.365 e. The maximum Gasteiger partial charge on any atom is 0.139 e. The summed E-state index contributed by atoms with van der Waals surface area (Å²) in [5.74, 6) is 0.660. The first-order valence-corrected chi connectivity index (χ1v) is 8.23. The molecule has 0 bridgehead atoms. The summed E-state index contributed by atoms with van der Waals surface area (Å²) in [6.07, 6.45) is 2.01. The summed E-state index contributed by atoms with van der Waals surface area (Å²) in [6.45, 7) is 2.74. The Kier molecular flexibility index (Phi) is 3.94. The van der Waals surface area contributed by atoms with Gasteiger partial charge < -0.3 is 5.32 Å². The second kappa shape index (κ2) is 6.40. The van der Waals surface area contributed by atoms with E-state index in [0.29, 0.717) is 6.54 Å². The highest BCUT2D eigenvalue weighted by molar-refractivity contribution is 5.76. The molecule has 2 heterocycles. The molecule has 0 atom stereocenters. The molecule has 4 heteroatoms. The Balaban J connectivity index is 1.79. The number of aryl methyl sites for hydroxylation is 1. The van der Waals surface area contributed by atoms with Crippen molar-refractivity contribution in [1.82, 2.24) is 9.38 Å². The topological polar surface area (TPSA) is 29.3 Å². The normalized spacial score (nSPS) is 11.0. The predicted molar refractivity (Wildman–Crippen MR) is 99.1 cm³/mol. The van der Waals surface area contributed by atoms with Crippen molar-refractivity contribution in [3.63, 3.8) is 0 Å². The van der Waals surface area contributed by atoms with Crippen molar-refractivity contribution in [3.8, 4) is 11.3 Å². The molecule has 2 aromatic carbocycles. The van der Waals surface area contributed by atoms with Gasteiger partial charge >= 0.3 is 0 Å². The summed E-state index contributed by atoms with van der Waals surface area (Å²) in [6, 6.07) is 20.8. The van der Waals surface area contributed by atoms with E-state index in [2.05, 4.69) is 23.5 Å². The van der Waals surface area contributed by atoms with E-state index in [1.54, 1.807) is 12.1 Å². The fourth-order valence-electron chi connectivity index (χ4n) is 2.91. The number of nitrogens with zero attached hydrogens (tertiary/aromatic N) is 2. The van der Waals surface area contributed by atoms with Crippen molar-refractivity contribution in [1.29, 1.82) is 0 Å². The zero-order valence-electron chi connectivity index (χ0n) is 13.9. The Hall–Kier alpha value is -3.14. The molecule has 0 saturated carbocycles. The number of anilines is 1. The second-order valence-corrected chi connectivity index (χ2v) is 6.09. The van der Waals surface area contributed by atoms with Gasteiger partial charge in [0.2, 0.25) is 0 Å². The molecular formula is C21H18FN3. The van der Waals surface area contributed by atoms with Gasteiger partial charge in [0, 0.05) is 18.3 Å². The summed E-state index contributed by atoms with van der Waals surface area (Å²) >= 11 is 0. The summed E-state index contributed by atoms with van der Waals surface area (Å²) in [5, 5.41) is 3.49. The fraction of sp³-hybridized carbons (Fsp3) is 0.0952. The highest BCUT2D eigenvalue weighted by Crippen LogP contribution is 2.29. The van der Waals surface area contributed by atoms with Gasteiger partial charge in [0.25, 0.3) is 0 Å². The molecule has 4 aromatic rings. The number of fused-ring (bicyclic) bond motifs is 1. The van der Waals surface area contributed by atoms with E-state index in [0.717, 1.165) is 28.3 Å². The van der Waals surface area contributed by atoms with Crippen molar-refractivity contribution < 1.29 is 4.39 Å². The van der Waals surface area contributed by atoms with Crippen LogP contribution in [0.25, 0.3) is 16.9 Å². The van der Waals surface area contributed by atoms with E-state index in [9.17, 15) is 4.39 Å². The fourth-order valence-corrected chi connectivity index (χ4v) is 2.91. The Morgan fingerprint density at radius 2 is 1.76 bits per heavy atom. The summed E-state index contributed by atoms with van der Waals surface area (Å²) in [7, 11) is 0. The van der Waals surface area contributed by atoms with Crippen LogP contribution in [-0.4, -0.2) is 9.38 Å². The van der Waals surface area contributed by atoms with E-state index < -0.39 is 0 Å². The molecule has 124 valence electrons.